The van der Waals surface area contributed by atoms with E-state index in [0.717, 1.165) is 30.6 Å². The van der Waals surface area contributed by atoms with E-state index in [1.165, 1.54) is 6.42 Å². The van der Waals surface area contributed by atoms with Crippen LogP contribution in [0.2, 0.25) is 0 Å². The number of rotatable bonds is 3. The average molecular weight is 250 g/mol. The zero-order chi connectivity index (χ0) is 13.1. The molecule has 3 heteroatoms. The van der Waals surface area contributed by atoms with Crippen LogP contribution < -0.4 is 10.6 Å². The van der Waals surface area contributed by atoms with Gasteiger partial charge in [-0.25, -0.2) is 4.39 Å². The second kappa shape index (κ2) is 5.70. The number of nitrogens with zero attached hydrogens (tertiary/aromatic N) is 1. The Morgan fingerprint density at radius 1 is 1.33 bits per heavy atom. The van der Waals surface area contributed by atoms with Gasteiger partial charge in [0.1, 0.15) is 5.82 Å². The number of hydrogen-bond donors (Lipinski definition) is 1. The lowest BCUT2D eigenvalue weighted by atomic mass is 9.94. The lowest BCUT2D eigenvalue weighted by Gasteiger charge is -2.38. The van der Waals surface area contributed by atoms with Gasteiger partial charge >= 0.3 is 0 Å². The highest BCUT2D eigenvalue weighted by Crippen LogP contribution is 2.29. The van der Waals surface area contributed by atoms with Crippen molar-refractivity contribution >= 4 is 5.69 Å². The predicted molar refractivity (Wildman–Crippen MR) is 74.4 cm³/mol. The zero-order valence-corrected chi connectivity index (χ0v) is 11.3. The minimum atomic E-state index is -0.109. The summed E-state index contributed by atoms with van der Waals surface area (Å²) in [5.41, 5.74) is 7.23. The molecule has 100 valence electrons. The van der Waals surface area contributed by atoms with Gasteiger partial charge in [0.15, 0.2) is 0 Å². The van der Waals surface area contributed by atoms with Crippen LogP contribution in [0.1, 0.15) is 32.3 Å². The van der Waals surface area contributed by atoms with Gasteiger partial charge in [-0.15, -0.1) is 0 Å². The Balaban J connectivity index is 2.21. The van der Waals surface area contributed by atoms with Crippen LogP contribution in [-0.4, -0.2) is 19.1 Å². The van der Waals surface area contributed by atoms with Crippen LogP contribution in [0.5, 0.6) is 0 Å². The molecule has 1 fully saturated rings. The molecule has 1 aromatic rings. The molecule has 1 aromatic carbocycles. The number of benzene rings is 1. The number of halogens is 1. The second-order valence-electron chi connectivity index (χ2n) is 5.51. The molecule has 18 heavy (non-hydrogen) atoms. The molecule has 1 aliphatic heterocycles. The first-order chi connectivity index (χ1) is 8.61. The maximum absolute atomic E-state index is 14.2. The van der Waals surface area contributed by atoms with Crippen LogP contribution in [0, 0.1) is 11.7 Å². The van der Waals surface area contributed by atoms with Gasteiger partial charge in [-0.05, 0) is 56.3 Å². The van der Waals surface area contributed by atoms with Crippen LogP contribution in [0.4, 0.5) is 10.1 Å². The van der Waals surface area contributed by atoms with Crippen LogP contribution >= 0.6 is 0 Å². The quantitative estimate of drug-likeness (QED) is 0.893. The van der Waals surface area contributed by atoms with Crippen molar-refractivity contribution in [1.29, 1.82) is 0 Å². The van der Waals surface area contributed by atoms with Gasteiger partial charge < -0.3 is 10.6 Å². The fraction of sp³-hybridized carbons (Fsp3) is 0.600. The third-order valence-electron chi connectivity index (χ3n) is 3.87. The Kier molecular flexibility index (Phi) is 4.23. The van der Waals surface area contributed by atoms with Gasteiger partial charge in [0, 0.05) is 12.6 Å². The van der Waals surface area contributed by atoms with Gasteiger partial charge in [0.05, 0.1) is 5.69 Å². The Labute approximate surface area is 109 Å². The number of piperidine rings is 1. The number of anilines is 1. The molecule has 2 rings (SSSR count). The SMILES string of the molecule is CC1CCC(C)N(c2ccc(CCN)cc2F)C1. The lowest BCUT2D eigenvalue weighted by Crippen LogP contribution is -2.41. The predicted octanol–water partition coefficient (Wildman–Crippen LogP) is 2.95. The summed E-state index contributed by atoms with van der Waals surface area (Å²) in [4.78, 5) is 2.20. The first-order valence-corrected chi connectivity index (χ1v) is 6.87. The topological polar surface area (TPSA) is 29.3 Å². The molecule has 0 aliphatic carbocycles. The summed E-state index contributed by atoms with van der Waals surface area (Å²) < 4.78 is 14.2. The van der Waals surface area contributed by atoms with E-state index in [0.29, 0.717) is 18.5 Å². The summed E-state index contributed by atoms with van der Waals surface area (Å²) >= 11 is 0. The van der Waals surface area contributed by atoms with Crippen molar-refractivity contribution in [2.24, 2.45) is 11.7 Å². The highest BCUT2D eigenvalue weighted by molar-refractivity contribution is 5.50. The number of hydrogen-bond acceptors (Lipinski definition) is 2. The maximum atomic E-state index is 14.2. The molecule has 1 aliphatic rings. The van der Waals surface area contributed by atoms with E-state index in [1.807, 2.05) is 12.1 Å². The normalized spacial score (nSPS) is 24.3. The molecular formula is C15H23FN2. The Bertz CT molecular complexity index is 405. The van der Waals surface area contributed by atoms with Gasteiger partial charge in [0.25, 0.3) is 0 Å². The summed E-state index contributed by atoms with van der Waals surface area (Å²) in [7, 11) is 0. The maximum Gasteiger partial charge on any atom is 0.146 e. The standard InChI is InChI=1S/C15H23FN2/c1-11-3-4-12(2)18(10-11)15-6-5-13(7-8-17)9-14(15)16/h5-6,9,11-12H,3-4,7-8,10,17H2,1-2H3. The molecule has 2 N–H and O–H groups in total. The second-order valence-corrected chi connectivity index (χ2v) is 5.51. The lowest BCUT2D eigenvalue weighted by molar-refractivity contribution is 0.386. The Hall–Kier alpha value is -1.09. The molecule has 2 unspecified atom stereocenters. The fourth-order valence-corrected chi connectivity index (χ4v) is 2.73. The summed E-state index contributed by atoms with van der Waals surface area (Å²) in [6, 6.07) is 5.97. The van der Waals surface area contributed by atoms with Crippen LogP contribution in [0.15, 0.2) is 18.2 Å². The first kappa shape index (κ1) is 13.3. The summed E-state index contributed by atoms with van der Waals surface area (Å²) in [6.07, 6.45) is 3.12. The smallest absolute Gasteiger partial charge is 0.146 e. The van der Waals surface area contributed by atoms with E-state index >= 15 is 0 Å². The van der Waals surface area contributed by atoms with Gasteiger partial charge in [0.2, 0.25) is 0 Å². The third kappa shape index (κ3) is 2.83. The highest BCUT2D eigenvalue weighted by Gasteiger charge is 2.24. The van der Waals surface area contributed by atoms with Crippen molar-refractivity contribution < 1.29 is 4.39 Å². The van der Waals surface area contributed by atoms with Crippen molar-refractivity contribution in [1.82, 2.24) is 0 Å². The molecule has 1 heterocycles. The Morgan fingerprint density at radius 3 is 2.78 bits per heavy atom. The molecule has 0 aromatic heterocycles. The summed E-state index contributed by atoms with van der Waals surface area (Å²) in [5.74, 6) is 0.534. The monoisotopic (exact) mass is 250 g/mol. The zero-order valence-electron chi connectivity index (χ0n) is 11.3. The van der Waals surface area contributed by atoms with E-state index < -0.39 is 0 Å². The van der Waals surface area contributed by atoms with Crippen molar-refractivity contribution in [2.45, 2.75) is 39.2 Å². The van der Waals surface area contributed by atoms with E-state index in [1.54, 1.807) is 6.07 Å². The molecule has 2 atom stereocenters. The number of nitrogens with two attached hydrogens (primary N) is 1. The van der Waals surface area contributed by atoms with Crippen molar-refractivity contribution in [3.8, 4) is 0 Å². The van der Waals surface area contributed by atoms with Crippen molar-refractivity contribution in [2.75, 3.05) is 18.0 Å². The van der Waals surface area contributed by atoms with E-state index in [9.17, 15) is 4.39 Å². The molecule has 0 amide bonds. The molecule has 0 spiro atoms. The van der Waals surface area contributed by atoms with Crippen molar-refractivity contribution in [3.63, 3.8) is 0 Å². The van der Waals surface area contributed by atoms with E-state index in [4.69, 9.17) is 5.73 Å². The first-order valence-electron chi connectivity index (χ1n) is 6.87. The highest BCUT2D eigenvalue weighted by atomic mass is 19.1. The summed E-state index contributed by atoms with van der Waals surface area (Å²) in [5, 5.41) is 0. The Morgan fingerprint density at radius 2 is 2.11 bits per heavy atom. The summed E-state index contributed by atoms with van der Waals surface area (Å²) in [6.45, 7) is 5.93. The molecule has 1 saturated heterocycles. The third-order valence-corrected chi connectivity index (χ3v) is 3.87. The van der Waals surface area contributed by atoms with Crippen LogP contribution in [0.25, 0.3) is 0 Å². The largest absolute Gasteiger partial charge is 0.366 e. The van der Waals surface area contributed by atoms with Gasteiger partial charge in [-0.3, -0.25) is 0 Å². The van der Waals surface area contributed by atoms with Crippen LogP contribution in [-0.2, 0) is 6.42 Å². The minimum absolute atomic E-state index is 0.109. The van der Waals surface area contributed by atoms with Crippen molar-refractivity contribution in [3.05, 3.63) is 29.6 Å². The fourth-order valence-electron chi connectivity index (χ4n) is 2.73. The minimum Gasteiger partial charge on any atom is -0.366 e. The molecule has 0 radical (unpaired) electrons. The molecule has 0 saturated carbocycles. The molecular weight excluding hydrogens is 227 g/mol. The van der Waals surface area contributed by atoms with Gasteiger partial charge in [-0.1, -0.05) is 13.0 Å². The van der Waals surface area contributed by atoms with Gasteiger partial charge in [-0.2, -0.15) is 0 Å². The average Bonchev–Trinajstić information content (AvgIpc) is 2.33. The van der Waals surface area contributed by atoms with E-state index in [2.05, 4.69) is 18.7 Å². The molecule has 2 nitrogen and oxygen atoms in total. The van der Waals surface area contributed by atoms with E-state index in [-0.39, 0.29) is 5.82 Å². The van der Waals surface area contributed by atoms with Crippen LogP contribution in [0.3, 0.4) is 0 Å². The molecule has 0 bridgehead atoms.